The van der Waals surface area contributed by atoms with Crippen LogP contribution < -0.4 is 44.2 Å². The van der Waals surface area contributed by atoms with Crippen molar-refractivity contribution in [3.05, 3.63) is 18.2 Å². The van der Waals surface area contributed by atoms with E-state index in [1.807, 2.05) is 0 Å². The lowest BCUT2D eigenvalue weighted by Crippen LogP contribution is -2.58. The zero-order valence-corrected chi connectivity index (χ0v) is 25.9. The van der Waals surface area contributed by atoms with E-state index in [0.29, 0.717) is 30.8 Å². The molecule has 0 aliphatic rings. The first-order valence-corrected chi connectivity index (χ1v) is 15.6. The Morgan fingerprint density at radius 3 is 1.89 bits per heavy atom. The number of aliphatic carboxylic acids is 1. The van der Waals surface area contributed by atoms with Gasteiger partial charge in [-0.05, 0) is 50.7 Å². The van der Waals surface area contributed by atoms with Crippen molar-refractivity contribution in [3.63, 3.8) is 0 Å². The second-order valence-electron chi connectivity index (χ2n) is 10.2. The average molecular weight is 657 g/mol. The normalized spacial score (nSPS) is 14.2. The summed E-state index contributed by atoms with van der Waals surface area (Å²) in [5.41, 5.74) is 22.5. The van der Waals surface area contributed by atoms with Crippen LogP contribution in [0.5, 0.6) is 0 Å². The average Bonchev–Trinajstić information content (AvgIpc) is 3.48. The van der Waals surface area contributed by atoms with Gasteiger partial charge in [-0.25, -0.2) is 9.78 Å². The quantitative estimate of drug-likeness (QED) is 0.0509. The minimum absolute atomic E-state index is 0.116. The van der Waals surface area contributed by atoms with Crippen LogP contribution in [0.25, 0.3) is 0 Å². The molecule has 6 amide bonds. The summed E-state index contributed by atoms with van der Waals surface area (Å²) >= 11 is 1.38. The fourth-order valence-corrected chi connectivity index (χ4v) is 4.52. The molecule has 0 bridgehead atoms. The highest BCUT2D eigenvalue weighted by molar-refractivity contribution is 7.98. The monoisotopic (exact) mass is 656 g/mol. The van der Waals surface area contributed by atoms with Gasteiger partial charge in [-0.15, -0.1) is 0 Å². The molecule has 0 unspecified atom stereocenters. The second kappa shape index (κ2) is 20.7. The number of carbonyl (C=O) groups is 7. The van der Waals surface area contributed by atoms with Crippen molar-refractivity contribution < 1.29 is 38.7 Å². The Balaban J connectivity index is 3.11. The first kappa shape index (κ1) is 38.8. The Kier molecular flexibility index (Phi) is 17.8. The summed E-state index contributed by atoms with van der Waals surface area (Å²) in [7, 11) is 0. The third-order valence-electron chi connectivity index (χ3n) is 6.49. The van der Waals surface area contributed by atoms with E-state index in [4.69, 9.17) is 22.9 Å². The molecule has 5 atom stereocenters. The largest absolute Gasteiger partial charge is 0.480 e. The molecular weight excluding hydrogens is 612 g/mol. The van der Waals surface area contributed by atoms with Crippen LogP contribution in [-0.4, -0.2) is 105 Å². The van der Waals surface area contributed by atoms with Crippen LogP contribution in [0, 0.1) is 0 Å². The van der Waals surface area contributed by atoms with Crippen molar-refractivity contribution in [2.24, 2.45) is 22.9 Å². The molecule has 1 heterocycles. The number of hydrogen-bond acceptors (Lipinski definition) is 11. The number of nitrogens with zero attached hydrogens (tertiary/aromatic N) is 1. The number of nitrogens with one attached hydrogen (secondary N) is 5. The van der Waals surface area contributed by atoms with Gasteiger partial charge in [0, 0.05) is 24.7 Å². The van der Waals surface area contributed by atoms with Crippen LogP contribution in [-0.2, 0) is 40.0 Å². The Labute approximate surface area is 264 Å². The number of carboxylic acids is 1. The number of thioether (sulfide) groups is 1. The zero-order valence-electron chi connectivity index (χ0n) is 25.1. The molecule has 1 rings (SSSR count). The summed E-state index contributed by atoms with van der Waals surface area (Å²) in [4.78, 5) is 93.5. The van der Waals surface area contributed by atoms with Gasteiger partial charge in [-0.2, -0.15) is 11.8 Å². The minimum Gasteiger partial charge on any atom is -0.480 e. The van der Waals surface area contributed by atoms with Crippen molar-refractivity contribution in [1.82, 2.24) is 31.2 Å². The molecule has 18 nitrogen and oxygen atoms in total. The standard InChI is InChI=1S/C26H44N10O8S/c1-45-9-7-18(25(42)34-17(5-6-20(29)37)24(41)36-19(26(43)44)11-21(30)38)35-23(40)16(4-2-3-8-27)33-22(39)15(28)10-14-12-31-13-32-14/h12-13,15-19H,2-11,27-28H2,1H3,(H2,29,37)(H2,30,38)(H,31,32)(H,33,39)(H,34,42)(H,35,40)(H,36,41)(H,43,44)/t15-,16-,17-,18-,19-/m0/s1. The highest BCUT2D eigenvalue weighted by atomic mass is 32.2. The van der Waals surface area contributed by atoms with Gasteiger partial charge in [0.2, 0.25) is 35.4 Å². The molecule has 1 aromatic rings. The predicted octanol–water partition coefficient (Wildman–Crippen LogP) is -3.67. The minimum atomic E-state index is -1.69. The number of unbranched alkanes of at least 4 members (excludes halogenated alkanes) is 1. The third-order valence-corrected chi connectivity index (χ3v) is 7.13. The van der Waals surface area contributed by atoms with Gasteiger partial charge in [-0.1, -0.05) is 0 Å². The first-order chi connectivity index (χ1) is 21.3. The van der Waals surface area contributed by atoms with Crippen LogP contribution in [0.2, 0.25) is 0 Å². The second-order valence-corrected chi connectivity index (χ2v) is 11.2. The van der Waals surface area contributed by atoms with E-state index in [2.05, 4.69) is 31.2 Å². The summed E-state index contributed by atoms with van der Waals surface area (Å²) in [5, 5.41) is 19.1. The maximum absolute atomic E-state index is 13.4. The van der Waals surface area contributed by atoms with Crippen molar-refractivity contribution in [3.8, 4) is 0 Å². The van der Waals surface area contributed by atoms with Gasteiger partial charge < -0.3 is 54.3 Å². The molecule has 0 saturated carbocycles. The summed E-state index contributed by atoms with van der Waals surface area (Å²) in [6, 6.07) is -6.40. The number of rotatable bonds is 23. The molecule has 0 aliphatic heterocycles. The summed E-state index contributed by atoms with van der Waals surface area (Å²) < 4.78 is 0. The molecule has 14 N–H and O–H groups in total. The van der Waals surface area contributed by atoms with E-state index < -0.39 is 78.0 Å². The summed E-state index contributed by atoms with van der Waals surface area (Å²) in [6.07, 6.45) is 4.88. The summed E-state index contributed by atoms with van der Waals surface area (Å²) in [5.74, 6) is -6.01. The van der Waals surface area contributed by atoms with Crippen LogP contribution in [0.4, 0.5) is 0 Å². The molecule has 252 valence electrons. The van der Waals surface area contributed by atoms with Gasteiger partial charge in [0.1, 0.15) is 24.2 Å². The summed E-state index contributed by atoms with van der Waals surface area (Å²) in [6.45, 7) is 0.358. The van der Waals surface area contributed by atoms with Crippen molar-refractivity contribution in [2.45, 2.75) is 81.6 Å². The van der Waals surface area contributed by atoms with Crippen molar-refractivity contribution in [2.75, 3.05) is 18.6 Å². The Hall–Kier alpha value is -4.23. The van der Waals surface area contributed by atoms with E-state index in [1.165, 1.54) is 24.3 Å². The van der Waals surface area contributed by atoms with Crippen LogP contribution in [0.1, 0.15) is 50.6 Å². The molecule has 0 aromatic carbocycles. The topological polar surface area (TPSA) is 321 Å². The number of aromatic amines is 1. The third kappa shape index (κ3) is 15.4. The van der Waals surface area contributed by atoms with E-state index in [-0.39, 0.29) is 32.1 Å². The molecule has 0 spiro atoms. The number of nitrogens with two attached hydrogens (primary N) is 4. The number of hydrogen-bond donors (Lipinski definition) is 10. The lowest BCUT2D eigenvalue weighted by atomic mass is 10.0. The predicted molar refractivity (Wildman–Crippen MR) is 164 cm³/mol. The van der Waals surface area contributed by atoms with E-state index in [1.54, 1.807) is 6.26 Å². The number of carbonyl (C=O) groups excluding carboxylic acids is 6. The van der Waals surface area contributed by atoms with E-state index in [0.717, 1.165) is 0 Å². The van der Waals surface area contributed by atoms with Gasteiger partial charge in [-0.3, -0.25) is 28.8 Å². The van der Waals surface area contributed by atoms with E-state index in [9.17, 15) is 38.7 Å². The number of primary amides is 2. The number of H-pyrrole nitrogens is 1. The molecule has 0 fully saturated rings. The highest BCUT2D eigenvalue weighted by Crippen LogP contribution is 2.08. The smallest absolute Gasteiger partial charge is 0.326 e. The number of carboxylic acid groups (broad SMARTS) is 1. The van der Waals surface area contributed by atoms with Gasteiger partial charge in [0.05, 0.1) is 18.8 Å². The fraction of sp³-hybridized carbons (Fsp3) is 0.615. The van der Waals surface area contributed by atoms with E-state index >= 15 is 0 Å². The number of aromatic nitrogens is 2. The SMILES string of the molecule is CSCC[C@H](NC(=O)[C@H](CCCCN)NC(=O)[C@@H](N)Cc1cnc[nH]1)C(=O)N[C@@H](CCC(N)=O)C(=O)N[C@@H](CC(N)=O)C(=O)O. The van der Waals surface area contributed by atoms with Gasteiger partial charge in [0.25, 0.3) is 0 Å². The Bertz CT molecular complexity index is 1150. The van der Waals surface area contributed by atoms with Crippen LogP contribution in [0.3, 0.4) is 0 Å². The maximum atomic E-state index is 13.4. The van der Waals surface area contributed by atoms with Crippen molar-refractivity contribution in [1.29, 1.82) is 0 Å². The molecule has 0 aliphatic carbocycles. The number of imidazole rings is 1. The van der Waals surface area contributed by atoms with Gasteiger partial charge in [0.15, 0.2) is 0 Å². The fourth-order valence-electron chi connectivity index (χ4n) is 4.04. The van der Waals surface area contributed by atoms with Gasteiger partial charge >= 0.3 is 5.97 Å². The molecule has 19 heteroatoms. The molecule has 1 aromatic heterocycles. The molecular formula is C26H44N10O8S. The number of amides is 6. The highest BCUT2D eigenvalue weighted by Gasteiger charge is 2.32. The molecule has 45 heavy (non-hydrogen) atoms. The Morgan fingerprint density at radius 2 is 1.40 bits per heavy atom. The van der Waals surface area contributed by atoms with Crippen molar-refractivity contribution >= 4 is 53.2 Å². The maximum Gasteiger partial charge on any atom is 0.326 e. The lowest BCUT2D eigenvalue weighted by molar-refractivity contribution is -0.144. The zero-order chi connectivity index (χ0) is 33.9. The first-order valence-electron chi connectivity index (χ1n) is 14.2. The Morgan fingerprint density at radius 1 is 0.844 bits per heavy atom. The molecule has 0 radical (unpaired) electrons. The lowest BCUT2D eigenvalue weighted by Gasteiger charge is -2.26. The van der Waals surface area contributed by atoms with Crippen LogP contribution >= 0.6 is 11.8 Å². The van der Waals surface area contributed by atoms with Crippen LogP contribution in [0.15, 0.2) is 12.5 Å². The molecule has 0 saturated heterocycles.